The van der Waals surface area contributed by atoms with Crippen LogP contribution in [0, 0.1) is 0 Å². The van der Waals surface area contributed by atoms with Crippen molar-refractivity contribution in [1.82, 2.24) is 10.2 Å². The Balaban J connectivity index is 1.61. The highest BCUT2D eigenvalue weighted by molar-refractivity contribution is 5.46. The maximum Gasteiger partial charge on any atom is 0.0366 e. The molecule has 2 aliphatic rings. The number of piperazine rings is 1. The molecule has 0 aromatic heterocycles. The zero-order valence-corrected chi connectivity index (χ0v) is 12.8. The number of anilines is 1. The summed E-state index contributed by atoms with van der Waals surface area (Å²) in [7, 11) is 0. The lowest BCUT2D eigenvalue weighted by molar-refractivity contribution is 0.0342. The summed E-state index contributed by atoms with van der Waals surface area (Å²) >= 11 is 0. The van der Waals surface area contributed by atoms with Gasteiger partial charge in [-0.3, -0.25) is 4.90 Å². The highest BCUT2D eigenvalue weighted by Gasteiger charge is 2.36. The van der Waals surface area contributed by atoms with Crippen molar-refractivity contribution in [3.8, 4) is 0 Å². The van der Waals surface area contributed by atoms with Crippen LogP contribution in [0.25, 0.3) is 0 Å². The fourth-order valence-corrected chi connectivity index (χ4v) is 3.75. The largest absolute Gasteiger partial charge is 0.371 e. The molecule has 0 saturated carbocycles. The average molecular weight is 273 g/mol. The number of rotatable bonds is 2. The first-order valence-electron chi connectivity index (χ1n) is 7.94. The second-order valence-electron chi connectivity index (χ2n) is 6.74. The van der Waals surface area contributed by atoms with Gasteiger partial charge in [0.25, 0.3) is 0 Å². The Morgan fingerprint density at radius 2 is 1.75 bits per heavy atom. The Kier molecular flexibility index (Phi) is 3.99. The minimum Gasteiger partial charge on any atom is -0.371 e. The molecule has 3 rings (SSSR count). The number of para-hydroxylation sites is 1. The summed E-state index contributed by atoms with van der Waals surface area (Å²) in [6, 6.07) is 11.6. The van der Waals surface area contributed by atoms with E-state index in [-0.39, 0.29) is 0 Å². The van der Waals surface area contributed by atoms with E-state index in [4.69, 9.17) is 0 Å². The van der Waals surface area contributed by atoms with Gasteiger partial charge in [-0.1, -0.05) is 18.2 Å². The molecule has 20 heavy (non-hydrogen) atoms. The molecule has 1 aromatic rings. The highest BCUT2D eigenvalue weighted by Crippen LogP contribution is 2.27. The van der Waals surface area contributed by atoms with Crippen molar-refractivity contribution >= 4 is 5.69 Å². The van der Waals surface area contributed by atoms with Gasteiger partial charge < -0.3 is 10.2 Å². The lowest BCUT2D eigenvalue weighted by Crippen LogP contribution is -2.62. The lowest BCUT2D eigenvalue weighted by atomic mass is 9.93. The zero-order chi connectivity index (χ0) is 14.0. The lowest BCUT2D eigenvalue weighted by Gasteiger charge is -2.49. The Morgan fingerprint density at radius 3 is 2.40 bits per heavy atom. The van der Waals surface area contributed by atoms with Crippen molar-refractivity contribution in [2.75, 3.05) is 37.6 Å². The van der Waals surface area contributed by atoms with Gasteiger partial charge in [0.05, 0.1) is 0 Å². The van der Waals surface area contributed by atoms with Gasteiger partial charge in [-0.15, -0.1) is 0 Å². The summed E-state index contributed by atoms with van der Waals surface area (Å²) in [5, 5.41) is 3.53. The molecule has 2 fully saturated rings. The Hall–Kier alpha value is -1.06. The van der Waals surface area contributed by atoms with Crippen molar-refractivity contribution in [2.45, 2.75) is 38.3 Å². The van der Waals surface area contributed by atoms with E-state index in [1.165, 1.54) is 38.2 Å². The van der Waals surface area contributed by atoms with E-state index < -0.39 is 0 Å². The van der Waals surface area contributed by atoms with Gasteiger partial charge in [-0.25, -0.2) is 0 Å². The summed E-state index contributed by atoms with van der Waals surface area (Å²) in [6.07, 6.45) is 2.58. The van der Waals surface area contributed by atoms with Crippen LogP contribution in [0.4, 0.5) is 5.69 Å². The van der Waals surface area contributed by atoms with Gasteiger partial charge in [0.2, 0.25) is 0 Å². The standard InChI is InChI=1S/C17H27N3/c1-17(2)14-18-10-13-20(17)16-8-11-19(12-9-16)15-6-4-3-5-7-15/h3-7,16,18H,8-14H2,1-2H3. The van der Waals surface area contributed by atoms with Gasteiger partial charge in [-0.2, -0.15) is 0 Å². The summed E-state index contributed by atoms with van der Waals surface area (Å²) in [5.74, 6) is 0. The molecule has 110 valence electrons. The molecular weight excluding hydrogens is 246 g/mol. The second kappa shape index (κ2) is 5.74. The first kappa shape index (κ1) is 13.9. The topological polar surface area (TPSA) is 18.5 Å². The number of piperidine rings is 1. The minimum atomic E-state index is 0.303. The van der Waals surface area contributed by atoms with Crippen LogP contribution >= 0.6 is 0 Å². The third-order valence-electron chi connectivity index (χ3n) is 4.89. The monoisotopic (exact) mass is 273 g/mol. The zero-order valence-electron chi connectivity index (χ0n) is 12.8. The molecule has 0 atom stereocenters. The van der Waals surface area contributed by atoms with Crippen LogP contribution < -0.4 is 10.2 Å². The van der Waals surface area contributed by atoms with Crippen LogP contribution in [-0.2, 0) is 0 Å². The maximum absolute atomic E-state index is 3.53. The molecule has 0 amide bonds. The summed E-state index contributed by atoms with van der Waals surface area (Å²) in [6.45, 7) is 10.6. The smallest absolute Gasteiger partial charge is 0.0366 e. The van der Waals surface area contributed by atoms with E-state index in [0.29, 0.717) is 5.54 Å². The molecule has 2 heterocycles. The highest BCUT2D eigenvalue weighted by atomic mass is 15.3. The number of benzene rings is 1. The van der Waals surface area contributed by atoms with Crippen LogP contribution in [0.5, 0.6) is 0 Å². The Labute approximate surface area is 123 Å². The number of nitrogens with zero attached hydrogens (tertiary/aromatic N) is 2. The molecule has 0 bridgehead atoms. The van der Waals surface area contributed by atoms with Crippen LogP contribution in [0.3, 0.4) is 0 Å². The Bertz CT molecular complexity index is 421. The fraction of sp³-hybridized carbons (Fsp3) is 0.647. The molecule has 2 aliphatic heterocycles. The van der Waals surface area contributed by atoms with Crippen LogP contribution in [0.2, 0.25) is 0 Å². The SMILES string of the molecule is CC1(C)CNCCN1C1CCN(c2ccccc2)CC1. The van der Waals surface area contributed by atoms with Crippen LogP contribution in [-0.4, -0.2) is 49.2 Å². The van der Waals surface area contributed by atoms with Gasteiger partial charge in [-0.05, 0) is 38.8 Å². The molecule has 0 unspecified atom stereocenters. The summed E-state index contributed by atoms with van der Waals surface area (Å²) < 4.78 is 0. The molecular formula is C17H27N3. The van der Waals surface area contributed by atoms with E-state index in [2.05, 4.69) is 59.3 Å². The molecule has 3 nitrogen and oxygen atoms in total. The van der Waals surface area contributed by atoms with Crippen molar-refractivity contribution in [2.24, 2.45) is 0 Å². The molecule has 0 radical (unpaired) electrons. The molecule has 2 saturated heterocycles. The molecule has 0 spiro atoms. The van der Waals surface area contributed by atoms with E-state index in [1.54, 1.807) is 0 Å². The first-order valence-corrected chi connectivity index (χ1v) is 7.94. The quantitative estimate of drug-likeness (QED) is 0.892. The molecule has 1 aromatic carbocycles. The summed E-state index contributed by atoms with van der Waals surface area (Å²) in [5.41, 5.74) is 1.68. The van der Waals surface area contributed by atoms with E-state index in [0.717, 1.165) is 19.1 Å². The molecule has 3 heteroatoms. The van der Waals surface area contributed by atoms with E-state index in [9.17, 15) is 0 Å². The number of hydrogen-bond acceptors (Lipinski definition) is 3. The van der Waals surface area contributed by atoms with Crippen molar-refractivity contribution in [3.63, 3.8) is 0 Å². The number of nitrogens with one attached hydrogen (secondary N) is 1. The number of hydrogen-bond donors (Lipinski definition) is 1. The van der Waals surface area contributed by atoms with Crippen molar-refractivity contribution in [3.05, 3.63) is 30.3 Å². The predicted molar refractivity (Wildman–Crippen MR) is 85.3 cm³/mol. The third-order valence-corrected chi connectivity index (χ3v) is 4.89. The minimum absolute atomic E-state index is 0.303. The van der Waals surface area contributed by atoms with Gasteiger partial charge >= 0.3 is 0 Å². The third kappa shape index (κ3) is 2.84. The molecule has 1 N–H and O–H groups in total. The molecule has 0 aliphatic carbocycles. The van der Waals surface area contributed by atoms with Crippen molar-refractivity contribution in [1.29, 1.82) is 0 Å². The van der Waals surface area contributed by atoms with Gasteiger partial charge in [0.15, 0.2) is 0 Å². The normalized spacial score (nSPS) is 24.8. The summed E-state index contributed by atoms with van der Waals surface area (Å²) in [4.78, 5) is 5.28. The van der Waals surface area contributed by atoms with E-state index in [1.807, 2.05) is 0 Å². The van der Waals surface area contributed by atoms with E-state index >= 15 is 0 Å². The van der Waals surface area contributed by atoms with Crippen molar-refractivity contribution < 1.29 is 0 Å². The second-order valence-corrected chi connectivity index (χ2v) is 6.74. The maximum atomic E-state index is 3.53. The average Bonchev–Trinajstić information content (AvgIpc) is 2.48. The first-order chi connectivity index (χ1) is 9.67. The Morgan fingerprint density at radius 1 is 1.05 bits per heavy atom. The predicted octanol–water partition coefficient (Wildman–Crippen LogP) is 2.34. The van der Waals surface area contributed by atoms with Crippen LogP contribution in [0.1, 0.15) is 26.7 Å². The van der Waals surface area contributed by atoms with Gasteiger partial charge in [0, 0.05) is 50.0 Å². The van der Waals surface area contributed by atoms with Gasteiger partial charge in [0.1, 0.15) is 0 Å². The van der Waals surface area contributed by atoms with Crippen LogP contribution in [0.15, 0.2) is 30.3 Å². The fourth-order valence-electron chi connectivity index (χ4n) is 3.75.